The number of rotatable bonds is 3. The average molecular weight is 110 g/mol. The van der Waals surface area contributed by atoms with Crippen LogP contribution in [0.1, 0.15) is 26.7 Å². The van der Waals surface area contributed by atoms with Gasteiger partial charge in [-0.1, -0.05) is 13.8 Å². The number of hydrogen-bond acceptors (Lipinski definition) is 1. The van der Waals surface area contributed by atoms with E-state index in [4.69, 9.17) is 5.26 Å². The van der Waals surface area contributed by atoms with E-state index in [-0.39, 0.29) is 0 Å². The van der Waals surface area contributed by atoms with Crippen molar-refractivity contribution in [3.05, 3.63) is 6.42 Å². The summed E-state index contributed by atoms with van der Waals surface area (Å²) >= 11 is 0. The molecule has 0 rings (SSSR count). The van der Waals surface area contributed by atoms with Gasteiger partial charge in [0.15, 0.2) is 0 Å². The molecule has 0 aliphatic carbocycles. The van der Waals surface area contributed by atoms with Crippen LogP contribution in [0.5, 0.6) is 0 Å². The predicted molar refractivity (Wildman–Crippen MR) is 34.0 cm³/mol. The van der Waals surface area contributed by atoms with E-state index in [1.807, 2.05) is 6.07 Å². The van der Waals surface area contributed by atoms with Crippen molar-refractivity contribution in [1.82, 2.24) is 0 Å². The summed E-state index contributed by atoms with van der Waals surface area (Å²) in [6.07, 6.45) is 3.72. The van der Waals surface area contributed by atoms with Gasteiger partial charge < -0.3 is 0 Å². The van der Waals surface area contributed by atoms with Crippen molar-refractivity contribution in [2.45, 2.75) is 26.7 Å². The van der Waals surface area contributed by atoms with E-state index >= 15 is 0 Å². The second-order valence-corrected chi connectivity index (χ2v) is 2.30. The maximum atomic E-state index is 8.07. The number of nitrogens with zero attached hydrogens (tertiary/aromatic N) is 1. The Morgan fingerprint density at radius 3 is 2.62 bits per heavy atom. The van der Waals surface area contributed by atoms with Crippen LogP contribution in [0, 0.1) is 23.7 Å². The Hall–Kier alpha value is -0.510. The van der Waals surface area contributed by atoms with Gasteiger partial charge in [0.25, 0.3) is 0 Å². The van der Waals surface area contributed by atoms with Gasteiger partial charge >= 0.3 is 0 Å². The Labute approximate surface area is 51.3 Å². The molecular weight excluding hydrogens is 98.1 g/mol. The van der Waals surface area contributed by atoms with Crippen LogP contribution in [-0.2, 0) is 0 Å². The van der Waals surface area contributed by atoms with Crippen molar-refractivity contribution in [1.29, 1.82) is 5.26 Å². The molecule has 0 aromatic carbocycles. The Bertz CT molecular complexity index is 78.9. The van der Waals surface area contributed by atoms with Crippen LogP contribution in [0.2, 0.25) is 0 Å². The number of hydrogen-bond donors (Lipinski definition) is 0. The summed E-state index contributed by atoms with van der Waals surface area (Å²) in [4.78, 5) is 0. The van der Waals surface area contributed by atoms with Crippen LogP contribution < -0.4 is 0 Å². The fraction of sp³-hybridized carbons (Fsp3) is 0.714. The van der Waals surface area contributed by atoms with Crippen LogP contribution in [-0.4, -0.2) is 0 Å². The zero-order valence-electron chi connectivity index (χ0n) is 5.52. The first-order chi connectivity index (χ1) is 3.77. The van der Waals surface area contributed by atoms with Gasteiger partial charge in [-0.25, -0.2) is 0 Å². The lowest BCUT2D eigenvalue weighted by molar-refractivity contribution is 0.587. The van der Waals surface area contributed by atoms with E-state index in [0.717, 1.165) is 18.8 Å². The van der Waals surface area contributed by atoms with E-state index < -0.39 is 0 Å². The molecule has 8 heavy (non-hydrogen) atoms. The van der Waals surface area contributed by atoms with Crippen LogP contribution in [0.4, 0.5) is 0 Å². The van der Waals surface area contributed by atoms with Crippen LogP contribution >= 0.6 is 0 Å². The highest BCUT2D eigenvalue weighted by atomic mass is 14.2. The topological polar surface area (TPSA) is 23.8 Å². The van der Waals surface area contributed by atoms with Crippen molar-refractivity contribution < 1.29 is 0 Å². The van der Waals surface area contributed by atoms with Crippen molar-refractivity contribution in [2.24, 2.45) is 5.92 Å². The van der Waals surface area contributed by atoms with Crippen molar-refractivity contribution in [3.8, 4) is 6.07 Å². The van der Waals surface area contributed by atoms with Gasteiger partial charge in [-0.3, -0.25) is 0 Å². The molecule has 1 radical (unpaired) electrons. The first kappa shape index (κ1) is 7.49. The minimum atomic E-state index is 0.722. The monoisotopic (exact) mass is 110 g/mol. The van der Waals surface area contributed by atoms with E-state index in [2.05, 4.69) is 13.8 Å². The molecule has 1 heteroatoms. The second kappa shape index (κ2) is 4.64. The Morgan fingerprint density at radius 2 is 2.25 bits per heavy atom. The Morgan fingerprint density at radius 1 is 1.62 bits per heavy atom. The molecule has 45 valence electrons. The Kier molecular flexibility index (Phi) is 4.35. The molecule has 0 amide bonds. The summed E-state index contributed by atoms with van der Waals surface area (Å²) in [7, 11) is 0. The van der Waals surface area contributed by atoms with Gasteiger partial charge in [-0.2, -0.15) is 5.26 Å². The molecule has 0 aliphatic rings. The predicted octanol–water partition coefficient (Wildman–Crippen LogP) is 2.15. The van der Waals surface area contributed by atoms with Crippen molar-refractivity contribution in [3.63, 3.8) is 0 Å². The molecule has 0 saturated carbocycles. The van der Waals surface area contributed by atoms with Crippen molar-refractivity contribution >= 4 is 0 Å². The third-order valence-corrected chi connectivity index (χ3v) is 0.980. The van der Waals surface area contributed by atoms with Crippen LogP contribution in [0.3, 0.4) is 0 Å². The van der Waals surface area contributed by atoms with Gasteiger partial charge in [-0.05, 0) is 18.8 Å². The van der Waals surface area contributed by atoms with E-state index in [9.17, 15) is 0 Å². The summed E-state index contributed by atoms with van der Waals surface area (Å²) < 4.78 is 0. The second-order valence-electron chi connectivity index (χ2n) is 2.30. The highest BCUT2D eigenvalue weighted by Crippen LogP contribution is 2.03. The molecule has 0 fully saturated rings. The lowest BCUT2D eigenvalue weighted by atomic mass is 10.1. The average Bonchev–Trinajstić information content (AvgIpc) is 1.66. The summed E-state index contributed by atoms with van der Waals surface area (Å²) in [6.45, 7) is 4.32. The minimum Gasteiger partial charge on any atom is -0.198 e. The molecule has 0 bridgehead atoms. The highest BCUT2D eigenvalue weighted by Gasteiger charge is 1.91. The maximum absolute atomic E-state index is 8.07. The molecule has 0 heterocycles. The SMILES string of the molecule is CC(C)CC[CH]C#N. The van der Waals surface area contributed by atoms with E-state index in [1.54, 1.807) is 6.42 Å². The molecule has 0 saturated heterocycles. The molecule has 0 unspecified atom stereocenters. The van der Waals surface area contributed by atoms with Gasteiger partial charge in [-0.15, -0.1) is 0 Å². The molecule has 0 aromatic rings. The van der Waals surface area contributed by atoms with Gasteiger partial charge in [0, 0.05) is 0 Å². The first-order valence-corrected chi connectivity index (χ1v) is 2.98. The fourth-order valence-corrected chi connectivity index (χ4v) is 0.481. The lowest BCUT2D eigenvalue weighted by Crippen LogP contribution is -1.85. The molecular formula is C7H12N. The molecule has 0 N–H and O–H groups in total. The quantitative estimate of drug-likeness (QED) is 0.511. The zero-order valence-corrected chi connectivity index (χ0v) is 5.52. The molecule has 0 aliphatic heterocycles. The molecule has 0 spiro atoms. The highest BCUT2D eigenvalue weighted by molar-refractivity contribution is 4.90. The smallest absolute Gasteiger partial charge is 0.0669 e. The van der Waals surface area contributed by atoms with E-state index in [0.29, 0.717) is 0 Å². The summed E-state index contributed by atoms with van der Waals surface area (Å²) in [5.74, 6) is 0.722. The lowest BCUT2D eigenvalue weighted by Gasteiger charge is -1.97. The maximum Gasteiger partial charge on any atom is 0.0669 e. The van der Waals surface area contributed by atoms with Gasteiger partial charge in [0.05, 0.1) is 12.5 Å². The van der Waals surface area contributed by atoms with E-state index in [1.165, 1.54) is 0 Å². The molecule has 0 atom stereocenters. The van der Waals surface area contributed by atoms with Crippen LogP contribution in [0.25, 0.3) is 0 Å². The van der Waals surface area contributed by atoms with Gasteiger partial charge in [0.1, 0.15) is 0 Å². The third kappa shape index (κ3) is 5.49. The van der Waals surface area contributed by atoms with Crippen molar-refractivity contribution in [2.75, 3.05) is 0 Å². The first-order valence-electron chi connectivity index (χ1n) is 2.98. The summed E-state index contributed by atoms with van der Waals surface area (Å²) in [5, 5.41) is 8.07. The summed E-state index contributed by atoms with van der Waals surface area (Å²) in [6, 6.07) is 2.00. The molecule has 0 aromatic heterocycles. The standard InChI is InChI=1S/C7H12N/c1-7(2)5-3-4-6-8/h4,7H,3,5H2,1-2H3. The largest absolute Gasteiger partial charge is 0.198 e. The molecule has 1 nitrogen and oxygen atoms in total. The Balaban J connectivity index is 2.85. The van der Waals surface area contributed by atoms with Gasteiger partial charge in [0.2, 0.25) is 0 Å². The zero-order chi connectivity index (χ0) is 6.41. The van der Waals surface area contributed by atoms with Crippen LogP contribution in [0.15, 0.2) is 0 Å². The third-order valence-electron chi connectivity index (χ3n) is 0.980. The normalized spacial score (nSPS) is 9.25. The number of unbranched alkanes of at least 4 members (excludes halogenated alkanes) is 1. The number of nitriles is 1. The summed E-state index contributed by atoms with van der Waals surface area (Å²) in [5.41, 5.74) is 0. The minimum absolute atomic E-state index is 0.722. The fourth-order valence-electron chi connectivity index (χ4n) is 0.481.